The molecular formula is C11H17N7O2S. The second-order valence-electron chi connectivity index (χ2n) is 4.57. The lowest BCUT2D eigenvalue weighted by atomic mass is 10.4. The minimum Gasteiger partial charge on any atom is -0.314 e. The zero-order valence-electron chi connectivity index (χ0n) is 12.2. The van der Waals surface area contributed by atoms with Gasteiger partial charge in [-0.1, -0.05) is 0 Å². The van der Waals surface area contributed by atoms with Crippen LogP contribution in [0.15, 0.2) is 4.90 Å². The Labute approximate surface area is 122 Å². The average Bonchev–Trinajstić information content (AvgIpc) is 2.76. The van der Waals surface area contributed by atoms with E-state index in [2.05, 4.69) is 35.4 Å². The van der Waals surface area contributed by atoms with E-state index in [1.54, 1.807) is 27.8 Å². The maximum atomic E-state index is 12.5. The van der Waals surface area contributed by atoms with Crippen molar-refractivity contribution in [1.29, 1.82) is 0 Å². The maximum absolute atomic E-state index is 12.5. The van der Waals surface area contributed by atoms with Gasteiger partial charge in [0.1, 0.15) is 4.90 Å². The molecule has 0 spiro atoms. The molecule has 0 aromatic carbocycles. The van der Waals surface area contributed by atoms with Crippen molar-refractivity contribution in [2.45, 2.75) is 32.2 Å². The van der Waals surface area contributed by atoms with E-state index >= 15 is 0 Å². The fraction of sp³-hybridized carbons (Fsp3) is 0.455. The molecule has 0 aliphatic heterocycles. The second-order valence-corrected chi connectivity index (χ2v) is 6.19. The summed E-state index contributed by atoms with van der Waals surface area (Å²) in [5, 5.41) is 17.1. The Morgan fingerprint density at radius 2 is 1.86 bits per heavy atom. The Morgan fingerprint density at radius 1 is 1.14 bits per heavy atom. The van der Waals surface area contributed by atoms with Gasteiger partial charge in [-0.3, -0.25) is 5.10 Å². The predicted octanol–water partition coefficient (Wildman–Crippen LogP) is 0.0402. The smallest absolute Gasteiger partial charge is 0.267 e. The Kier molecular flexibility index (Phi) is 4.19. The molecule has 0 aliphatic carbocycles. The number of nitrogens with zero attached hydrogens (tertiary/aromatic N) is 4. The van der Waals surface area contributed by atoms with Crippen molar-refractivity contribution in [3.8, 4) is 0 Å². The van der Waals surface area contributed by atoms with Gasteiger partial charge in [-0.05, 0) is 27.8 Å². The highest BCUT2D eigenvalue weighted by Gasteiger charge is 2.25. The Bertz CT molecular complexity index is 754. The first-order valence-corrected chi connectivity index (χ1v) is 7.72. The van der Waals surface area contributed by atoms with E-state index in [1.807, 2.05) is 0 Å². The Balaban J connectivity index is 2.38. The predicted molar refractivity (Wildman–Crippen MR) is 76.2 cm³/mol. The monoisotopic (exact) mass is 311 g/mol. The third-order valence-electron chi connectivity index (χ3n) is 2.89. The molecule has 0 radical (unpaired) electrons. The fourth-order valence-electron chi connectivity index (χ4n) is 1.78. The van der Waals surface area contributed by atoms with Crippen molar-refractivity contribution in [2.75, 3.05) is 11.8 Å². The number of aromatic nitrogens is 5. The maximum Gasteiger partial charge on any atom is 0.267 e. The van der Waals surface area contributed by atoms with Crippen molar-refractivity contribution < 1.29 is 8.42 Å². The van der Waals surface area contributed by atoms with Crippen molar-refractivity contribution >= 4 is 16.0 Å². The SMILES string of the molecule is CNCc1n[nH]c(C)c1S(=O)(=O)Nc1nnc(C)c(C)n1. The summed E-state index contributed by atoms with van der Waals surface area (Å²) in [7, 11) is -2.12. The lowest BCUT2D eigenvalue weighted by Crippen LogP contribution is -2.19. The molecule has 0 aliphatic rings. The molecular weight excluding hydrogens is 294 g/mol. The van der Waals surface area contributed by atoms with E-state index in [-0.39, 0.29) is 10.8 Å². The molecule has 0 unspecified atom stereocenters. The third kappa shape index (κ3) is 3.16. The lowest BCUT2D eigenvalue weighted by Gasteiger charge is -2.08. The summed E-state index contributed by atoms with van der Waals surface area (Å²) in [6, 6.07) is 0. The van der Waals surface area contributed by atoms with Crippen molar-refractivity contribution in [3.05, 3.63) is 22.8 Å². The summed E-state index contributed by atoms with van der Waals surface area (Å²) >= 11 is 0. The number of H-pyrrole nitrogens is 1. The molecule has 10 heteroatoms. The van der Waals surface area contributed by atoms with E-state index < -0.39 is 10.0 Å². The van der Waals surface area contributed by atoms with Gasteiger partial charge in [-0.15, -0.1) is 5.10 Å². The zero-order valence-corrected chi connectivity index (χ0v) is 13.0. The molecule has 2 heterocycles. The van der Waals surface area contributed by atoms with E-state index in [0.29, 0.717) is 29.3 Å². The van der Waals surface area contributed by atoms with Gasteiger partial charge in [0.15, 0.2) is 0 Å². The molecule has 2 aromatic heterocycles. The van der Waals surface area contributed by atoms with Crippen LogP contribution in [-0.2, 0) is 16.6 Å². The molecule has 2 aromatic rings. The number of sulfonamides is 1. The molecule has 0 amide bonds. The molecule has 21 heavy (non-hydrogen) atoms. The molecule has 2 rings (SSSR count). The zero-order chi connectivity index (χ0) is 15.6. The summed E-state index contributed by atoms with van der Waals surface area (Å²) in [5.74, 6) is -0.0610. The third-order valence-corrected chi connectivity index (χ3v) is 4.42. The van der Waals surface area contributed by atoms with Gasteiger partial charge in [0.05, 0.1) is 22.8 Å². The van der Waals surface area contributed by atoms with Gasteiger partial charge >= 0.3 is 0 Å². The minimum absolute atomic E-state index is 0.0610. The van der Waals surface area contributed by atoms with Crippen LogP contribution in [0.2, 0.25) is 0 Å². The van der Waals surface area contributed by atoms with E-state index in [1.165, 1.54) is 0 Å². The second kappa shape index (κ2) is 5.74. The Morgan fingerprint density at radius 3 is 2.48 bits per heavy atom. The highest BCUT2D eigenvalue weighted by atomic mass is 32.2. The molecule has 0 fully saturated rings. The summed E-state index contributed by atoms with van der Waals surface area (Å²) in [6.45, 7) is 5.45. The molecule has 0 saturated carbocycles. The van der Waals surface area contributed by atoms with Gasteiger partial charge in [-0.25, -0.2) is 18.1 Å². The summed E-state index contributed by atoms with van der Waals surface area (Å²) in [5.41, 5.74) is 2.11. The summed E-state index contributed by atoms with van der Waals surface area (Å²) in [6.07, 6.45) is 0. The number of aryl methyl sites for hydroxylation is 3. The van der Waals surface area contributed by atoms with Crippen LogP contribution >= 0.6 is 0 Å². The highest BCUT2D eigenvalue weighted by molar-refractivity contribution is 7.92. The summed E-state index contributed by atoms with van der Waals surface area (Å²) < 4.78 is 27.3. The van der Waals surface area contributed by atoms with Gasteiger partial charge in [0.25, 0.3) is 16.0 Å². The molecule has 0 atom stereocenters. The molecule has 0 saturated heterocycles. The average molecular weight is 311 g/mol. The fourth-order valence-corrected chi connectivity index (χ4v) is 3.09. The molecule has 0 bridgehead atoms. The number of hydrogen-bond acceptors (Lipinski definition) is 7. The first-order chi connectivity index (χ1) is 9.85. The first-order valence-electron chi connectivity index (χ1n) is 6.24. The molecule has 3 N–H and O–H groups in total. The number of anilines is 1. The Hall–Kier alpha value is -2.07. The van der Waals surface area contributed by atoms with Gasteiger partial charge in [-0.2, -0.15) is 10.2 Å². The van der Waals surface area contributed by atoms with Crippen LogP contribution in [0.25, 0.3) is 0 Å². The van der Waals surface area contributed by atoms with E-state index in [4.69, 9.17) is 0 Å². The van der Waals surface area contributed by atoms with E-state index in [0.717, 1.165) is 0 Å². The number of rotatable bonds is 5. The quantitative estimate of drug-likeness (QED) is 0.711. The highest BCUT2D eigenvalue weighted by Crippen LogP contribution is 2.19. The van der Waals surface area contributed by atoms with Crippen molar-refractivity contribution in [2.24, 2.45) is 0 Å². The topological polar surface area (TPSA) is 126 Å². The minimum atomic E-state index is -3.83. The number of nitrogens with one attached hydrogen (secondary N) is 3. The van der Waals surface area contributed by atoms with Gasteiger partial charge < -0.3 is 5.32 Å². The summed E-state index contributed by atoms with van der Waals surface area (Å²) in [4.78, 5) is 4.16. The van der Waals surface area contributed by atoms with Crippen LogP contribution in [0, 0.1) is 20.8 Å². The van der Waals surface area contributed by atoms with Crippen LogP contribution in [0.4, 0.5) is 5.95 Å². The van der Waals surface area contributed by atoms with Crippen LogP contribution < -0.4 is 10.0 Å². The molecule has 9 nitrogen and oxygen atoms in total. The van der Waals surface area contributed by atoms with Gasteiger partial charge in [0.2, 0.25) is 0 Å². The number of aromatic amines is 1. The van der Waals surface area contributed by atoms with Crippen LogP contribution in [0.1, 0.15) is 22.8 Å². The molecule has 114 valence electrons. The lowest BCUT2D eigenvalue weighted by molar-refractivity contribution is 0.598. The van der Waals surface area contributed by atoms with Crippen LogP contribution in [0.5, 0.6) is 0 Å². The standard InChI is InChI=1S/C11H17N7O2S/c1-6-7(2)14-17-11(13-6)18-21(19,20)10-8(3)15-16-9(10)5-12-4/h12H,5H2,1-4H3,(H,15,16)(H,13,17,18). The van der Waals surface area contributed by atoms with Gasteiger partial charge in [0, 0.05) is 6.54 Å². The first kappa shape index (κ1) is 15.3. The van der Waals surface area contributed by atoms with Crippen molar-refractivity contribution in [1.82, 2.24) is 30.7 Å². The van der Waals surface area contributed by atoms with Crippen LogP contribution in [-0.4, -0.2) is 40.8 Å². The number of hydrogen-bond donors (Lipinski definition) is 3. The van der Waals surface area contributed by atoms with E-state index in [9.17, 15) is 8.42 Å². The van der Waals surface area contributed by atoms with Crippen molar-refractivity contribution in [3.63, 3.8) is 0 Å². The van der Waals surface area contributed by atoms with Crippen LogP contribution in [0.3, 0.4) is 0 Å². The largest absolute Gasteiger partial charge is 0.314 e. The normalized spacial score (nSPS) is 11.6.